The summed E-state index contributed by atoms with van der Waals surface area (Å²) in [7, 11) is 1.64. The highest BCUT2D eigenvalue weighted by molar-refractivity contribution is 8.18. The minimum absolute atomic E-state index is 0.168. The summed E-state index contributed by atoms with van der Waals surface area (Å²) in [5, 5.41) is 10.6. The van der Waals surface area contributed by atoms with Gasteiger partial charge in [-0.3, -0.25) is 9.69 Å². The summed E-state index contributed by atoms with van der Waals surface area (Å²) >= 11 is 13.5. The lowest BCUT2D eigenvalue weighted by molar-refractivity contribution is -0.121. The van der Waals surface area contributed by atoms with Gasteiger partial charge >= 0.3 is 5.97 Å². The van der Waals surface area contributed by atoms with E-state index in [-0.39, 0.29) is 18.1 Å². The maximum absolute atomic E-state index is 12.8. The van der Waals surface area contributed by atoms with E-state index in [4.69, 9.17) is 37.8 Å². The predicted octanol–water partition coefficient (Wildman–Crippen LogP) is 6.90. The van der Waals surface area contributed by atoms with E-state index < -0.39 is 5.97 Å². The van der Waals surface area contributed by atoms with Gasteiger partial charge in [0.25, 0.3) is 5.91 Å². The van der Waals surface area contributed by atoms with Crippen LogP contribution in [0.15, 0.2) is 70.6 Å². The molecule has 1 aliphatic rings. The van der Waals surface area contributed by atoms with Crippen LogP contribution in [0.25, 0.3) is 6.08 Å². The average molecular weight is 557 g/mol. The third-order valence-corrected chi connectivity index (χ3v) is 6.95. The molecule has 1 fully saturated rings. The van der Waals surface area contributed by atoms with Gasteiger partial charge in [0.1, 0.15) is 6.61 Å². The Labute approximate surface area is 228 Å². The minimum Gasteiger partial charge on any atom is -0.490 e. The van der Waals surface area contributed by atoms with Crippen molar-refractivity contribution in [2.45, 2.75) is 13.5 Å². The molecular weight excluding hydrogens is 535 g/mol. The molecule has 10 heteroatoms. The first-order valence-electron chi connectivity index (χ1n) is 11.2. The van der Waals surface area contributed by atoms with Crippen molar-refractivity contribution in [1.82, 2.24) is 4.90 Å². The molecule has 3 aromatic rings. The third kappa shape index (κ3) is 6.46. The number of carbonyl (C=O) groups excluding carboxylic acids is 1. The number of rotatable bonds is 8. The molecular formula is C27H22Cl2N2O5S. The summed E-state index contributed by atoms with van der Waals surface area (Å²) < 4.78 is 11.7. The molecule has 0 radical (unpaired) electrons. The molecule has 1 saturated heterocycles. The summed E-state index contributed by atoms with van der Waals surface area (Å²) in [5.74, 6) is -0.118. The van der Waals surface area contributed by atoms with Gasteiger partial charge in [-0.15, -0.1) is 0 Å². The predicted molar refractivity (Wildman–Crippen MR) is 147 cm³/mol. The maximum atomic E-state index is 12.8. The van der Waals surface area contributed by atoms with Gasteiger partial charge < -0.3 is 14.6 Å². The Morgan fingerprint density at radius 2 is 1.81 bits per heavy atom. The molecule has 0 atom stereocenters. The van der Waals surface area contributed by atoms with Gasteiger partial charge in [0.2, 0.25) is 0 Å². The first kappa shape index (κ1) is 26.6. The van der Waals surface area contributed by atoms with Crippen LogP contribution < -0.4 is 9.47 Å². The number of hydrogen-bond donors (Lipinski definition) is 1. The van der Waals surface area contributed by atoms with E-state index in [2.05, 4.69) is 4.99 Å². The standard InChI is InChI=1S/C27H22Cl2N2O5S/c1-3-35-23-12-16(4-11-22(23)36-15-18-5-8-19(28)14-21(18)29)13-24-25(32)31(2)27(37-24)30-20-9-6-17(7-10-20)26(33)34/h4-14H,3,15H2,1-2H3,(H,33,34). The molecule has 1 N–H and O–H groups in total. The van der Waals surface area contributed by atoms with Crippen LogP contribution in [0.2, 0.25) is 10.0 Å². The van der Waals surface area contributed by atoms with E-state index >= 15 is 0 Å². The molecule has 1 aliphatic heterocycles. The highest BCUT2D eigenvalue weighted by Gasteiger charge is 2.30. The molecule has 1 amide bonds. The number of thioether (sulfide) groups is 1. The van der Waals surface area contributed by atoms with Gasteiger partial charge in [-0.2, -0.15) is 0 Å². The van der Waals surface area contributed by atoms with Crippen LogP contribution in [-0.2, 0) is 11.4 Å². The van der Waals surface area contributed by atoms with Crippen LogP contribution in [0.1, 0.15) is 28.4 Å². The number of aromatic carboxylic acids is 1. The van der Waals surface area contributed by atoms with E-state index in [1.165, 1.54) is 28.8 Å². The first-order valence-corrected chi connectivity index (χ1v) is 12.8. The van der Waals surface area contributed by atoms with Crippen LogP contribution in [0.5, 0.6) is 11.5 Å². The molecule has 0 bridgehead atoms. The van der Waals surface area contributed by atoms with Crippen LogP contribution in [0, 0.1) is 0 Å². The van der Waals surface area contributed by atoms with E-state index in [1.807, 2.05) is 25.1 Å². The second kappa shape index (κ2) is 11.7. The van der Waals surface area contributed by atoms with Gasteiger partial charge in [0.05, 0.1) is 22.8 Å². The second-order valence-electron chi connectivity index (χ2n) is 7.88. The highest BCUT2D eigenvalue weighted by Crippen LogP contribution is 2.36. The fourth-order valence-electron chi connectivity index (χ4n) is 3.39. The van der Waals surface area contributed by atoms with E-state index in [9.17, 15) is 9.59 Å². The Kier molecular flexibility index (Phi) is 8.43. The molecule has 0 spiro atoms. The third-order valence-electron chi connectivity index (χ3n) is 5.31. The van der Waals surface area contributed by atoms with Gasteiger partial charge in [-0.1, -0.05) is 35.3 Å². The van der Waals surface area contributed by atoms with Crippen molar-refractivity contribution in [1.29, 1.82) is 0 Å². The molecule has 0 aromatic heterocycles. The summed E-state index contributed by atoms with van der Waals surface area (Å²) in [6, 6.07) is 16.8. The number of likely N-dealkylation sites (N-methyl/N-ethyl adjacent to an activating group) is 1. The van der Waals surface area contributed by atoms with Crippen molar-refractivity contribution in [2.24, 2.45) is 4.99 Å². The number of ether oxygens (including phenoxy) is 2. The Morgan fingerprint density at radius 3 is 2.49 bits per heavy atom. The molecule has 3 aromatic carbocycles. The lowest BCUT2D eigenvalue weighted by Crippen LogP contribution is -2.23. The molecule has 1 heterocycles. The van der Waals surface area contributed by atoms with Crippen molar-refractivity contribution in [2.75, 3.05) is 13.7 Å². The fourth-order valence-corrected chi connectivity index (χ4v) is 4.84. The largest absolute Gasteiger partial charge is 0.490 e. The number of amides is 1. The number of amidine groups is 1. The monoisotopic (exact) mass is 556 g/mol. The lowest BCUT2D eigenvalue weighted by atomic mass is 10.1. The van der Waals surface area contributed by atoms with Crippen molar-refractivity contribution < 1.29 is 24.2 Å². The minimum atomic E-state index is -1.01. The molecule has 0 unspecified atom stereocenters. The number of benzene rings is 3. The normalized spacial score (nSPS) is 15.5. The Bertz CT molecular complexity index is 1410. The molecule has 37 heavy (non-hydrogen) atoms. The number of hydrogen-bond acceptors (Lipinski definition) is 6. The van der Waals surface area contributed by atoms with Crippen LogP contribution in [0.3, 0.4) is 0 Å². The van der Waals surface area contributed by atoms with E-state index in [0.717, 1.165) is 11.1 Å². The second-order valence-corrected chi connectivity index (χ2v) is 9.74. The summed E-state index contributed by atoms with van der Waals surface area (Å²) in [6.45, 7) is 2.55. The average Bonchev–Trinajstić information content (AvgIpc) is 3.12. The number of carboxylic acids is 1. The summed E-state index contributed by atoms with van der Waals surface area (Å²) in [6.07, 6.45) is 1.77. The Morgan fingerprint density at radius 1 is 1.05 bits per heavy atom. The van der Waals surface area contributed by atoms with E-state index in [1.54, 1.807) is 43.5 Å². The SMILES string of the molecule is CCOc1cc(C=C2SC(=Nc3ccc(C(=O)O)cc3)N(C)C2=O)ccc1OCc1ccc(Cl)cc1Cl. The van der Waals surface area contributed by atoms with Crippen molar-refractivity contribution in [3.63, 3.8) is 0 Å². The number of carbonyl (C=O) groups is 2. The van der Waals surface area contributed by atoms with Gasteiger partial charge in [0, 0.05) is 22.7 Å². The Hall–Kier alpha value is -3.46. The Balaban J connectivity index is 1.53. The number of nitrogens with zero attached hydrogens (tertiary/aromatic N) is 2. The zero-order valence-corrected chi connectivity index (χ0v) is 22.2. The van der Waals surface area contributed by atoms with Crippen LogP contribution in [0.4, 0.5) is 5.69 Å². The quantitative estimate of drug-likeness (QED) is 0.303. The van der Waals surface area contributed by atoms with Crippen molar-refractivity contribution in [3.05, 3.63) is 92.3 Å². The van der Waals surface area contributed by atoms with Gasteiger partial charge in [-0.05, 0) is 78.9 Å². The van der Waals surface area contributed by atoms with Gasteiger partial charge in [-0.25, -0.2) is 9.79 Å². The van der Waals surface area contributed by atoms with Crippen LogP contribution in [-0.4, -0.2) is 40.7 Å². The highest BCUT2D eigenvalue weighted by atomic mass is 35.5. The summed E-state index contributed by atoms with van der Waals surface area (Å²) in [4.78, 5) is 30.3. The fraction of sp³-hybridized carbons (Fsp3) is 0.148. The maximum Gasteiger partial charge on any atom is 0.335 e. The van der Waals surface area contributed by atoms with Crippen molar-refractivity contribution in [3.8, 4) is 11.5 Å². The number of halogens is 2. The van der Waals surface area contributed by atoms with E-state index in [0.29, 0.717) is 43.9 Å². The van der Waals surface area contributed by atoms with Crippen molar-refractivity contribution >= 4 is 63.8 Å². The van der Waals surface area contributed by atoms with Gasteiger partial charge in [0.15, 0.2) is 16.7 Å². The lowest BCUT2D eigenvalue weighted by Gasteiger charge is -2.13. The topological polar surface area (TPSA) is 88.4 Å². The summed E-state index contributed by atoms with van der Waals surface area (Å²) in [5.41, 5.74) is 2.27. The smallest absolute Gasteiger partial charge is 0.335 e. The molecule has 0 aliphatic carbocycles. The molecule has 4 rings (SSSR count). The first-order chi connectivity index (χ1) is 17.7. The molecule has 0 saturated carbocycles. The zero-order valence-electron chi connectivity index (χ0n) is 19.9. The molecule has 190 valence electrons. The molecule has 7 nitrogen and oxygen atoms in total. The number of aliphatic imine (C=N–C) groups is 1. The number of carboxylic acid groups (broad SMARTS) is 1. The zero-order chi connectivity index (χ0) is 26.5. The van der Waals surface area contributed by atoms with Crippen LogP contribution >= 0.6 is 35.0 Å².